The molecule has 1 aromatic heterocycles. The molecule has 0 bridgehead atoms. The van der Waals surface area contributed by atoms with Crippen LogP contribution in [-0.2, 0) is 0 Å². The Morgan fingerprint density at radius 3 is 3.05 bits per heavy atom. The lowest BCUT2D eigenvalue weighted by molar-refractivity contribution is -0.384. The molecule has 1 unspecified atom stereocenters. The van der Waals surface area contributed by atoms with E-state index in [1.165, 1.54) is 25.0 Å². The molecule has 1 N–H and O–H groups in total. The summed E-state index contributed by atoms with van der Waals surface area (Å²) in [6.45, 7) is 1.82. The Morgan fingerprint density at radius 2 is 2.37 bits per heavy atom. The summed E-state index contributed by atoms with van der Waals surface area (Å²) in [5.74, 6) is 0.457. The summed E-state index contributed by atoms with van der Waals surface area (Å²) in [7, 11) is 2.10. The largest absolute Gasteiger partial charge is 0.368 e. The van der Waals surface area contributed by atoms with Crippen LogP contribution in [0.25, 0.3) is 0 Å². The zero-order valence-electron chi connectivity index (χ0n) is 10.8. The quantitative estimate of drug-likeness (QED) is 0.523. The average Bonchev–Trinajstić information content (AvgIpc) is 2.37. The predicted molar refractivity (Wildman–Crippen MR) is 74.7 cm³/mol. The van der Waals surface area contributed by atoms with E-state index in [1.807, 2.05) is 0 Å². The zero-order valence-corrected chi connectivity index (χ0v) is 11.6. The molecule has 1 saturated heterocycles. The van der Waals surface area contributed by atoms with Gasteiger partial charge < -0.3 is 10.2 Å². The van der Waals surface area contributed by atoms with Crippen LogP contribution in [0, 0.1) is 10.1 Å². The summed E-state index contributed by atoms with van der Waals surface area (Å²) >= 11 is 5.78. The van der Waals surface area contributed by atoms with Crippen molar-refractivity contribution in [2.24, 2.45) is 0 Å². The van der Waals surface area contributed by atoms with Gasteiger partial charge in [0.15, 0.2) is 0 Å². The van der Waals surface area contributed by atoms with Gasteiger partial charge >= 0.3 is 0 Å². The van der Waals surface area contributed by atoms with Gasteiger partial charge in [-0.05, 0) is 26.4 Å². The van der Waals surface area contributed by atoms with Crippen molar-refractivity contribution in [3.63, 3.8) is 0 Å². The van der Waals surface area contributed by atoms with E-state index < -0.39 is 4.92 Å². The van der Waals surface area contributed by atoms with Gasteiger partial charge in [-0.2, -0.15) is 0 Å². The normalized spacial score (nSPS) is 20.2. The third-order valence-corrected chi connectivity index (χ3v) is 3.62. The van der Waals surface area contributed by atoms with Gasteiger partial charge in [-0.1, -0.05) is 18.0 Å². The number of nitrogens with zero attached hydrogens (tertiary/aromatic N) is 3. The second-order valence-electron chi connectivity index (χ2n) is 4.80. The fraction of sp³-hybridized carbons (Fsp3) is 0.583. The highest BCUT2D eigenvalue weighted by atomic mass is 35.5. The number of hydrogen-bond acceptors (Lipinski definition) is 5. The van der Waals surface area contributed by atoms with Crippen molar-refractivity contribution >= 4 is 23.1 Å². The van der Waals surface area contributed by atoms with Crippen molar-refractivity contribution < 1.29 is 4.92 Å². The van der Waals surface area contributed by atoms with Crippen LogP contribution in [0.5, 0.6) is 0 Å². The van der Waals surface area contributed by atoms with Crippen molar-refractivity contribution in [3.8, 4) is 0 Å². The molecule has 1 aliphatic heterocycles. The van der Waals surface area contributed by atoms with Crippen LogP contribution >= 0.6 is 11.6 Å². The minimum atomic E-state index is -0.467. The molecule has 19 heavy (non-hydrogen) atoms. The molecule has 0 aliphatic carbocycles. The molecule has 0 radical (unpaired) electrons. The number of nitrogens with one attached hydrogen (secondary N) is 1. The zero-order chi connectivity index (χ0) is 13.8. The first-order chi connectivity index (χ1) is 9.06. The number of likely N-dealkylation sites (N-methyl/N-ethyl adjacent to an activating group) is 1. The van der Waals surface area contributed by atoms with Gasteiger partial charge in [-0.25, -0.2) is 4.98 Å². The molecule has 0 amide bonds. The Hall–Kier alpha value is -1.40. The second-order valence-corrected chi connectivity index (χ2v) is 5.19. The fourth-order valence-electron chi connectivity index (χ4n) is 2.30. The van der Waals surface area contributed by atoms with Crippen LogP contribution in [0.15, 0.2) is 12.1 Å². The Morgan fingerprint density at radius 1 is 1.58 bits per heavy atom. The molecule has 1 aromatic rings. The van der Waals surface area contributed by atoms with E-state index >= 15 is 0 Å². The van der Waals surface area contributed by atoms with Gasteiger partial charge in [0.25, 0.3) is 5.69 Å². The molecule has 1 aliphatic rings. The molecule has 7 heteroatoms. The first-order valence-corrected chi connectivity index (χ1v) is 6.70. The fourth-order valence-corrected chi connectivity index (χ4v) is 2.51. The maximum atomic E-state index is 10.7. The van der Waals surface area contributed by atoms with Gasteiger partial charge in [0, 0.05) is 12.6 Å². The first-order valence-electron chi connectivity index (χ1n) is 6.32. The molecule has 2 rings (SSSR count). The molecule has 0 aromatic carbocycles. The van der Waals surface area contributed by atoms with Crippen LogP contribution in [0.4, 0.5) is 11.5 Å². The van der Waals surface area contributed by atoms with Gasteiger partial charge in [-0.15, -0.1) is 0 Å². The number of hydrogen-bond donors (Lipinski definition) is 1. The number of nitro groups is 1. The van der Waals surface area contributed by atoms with Crippen LogP contribution in [0.1, 0.15) is 19.3 Å². The van der Waals surface area contributed by atoms with Crippen molar-refractivity contribution in [2.45, 2.75) is 25.3 Å². The van der Waals surface area contributed by atoms with Crippen molar-refractivity contribution in [1.29, 1.82) is 0 Å². The first kappa shape index (κ1) is 14.0. The predicted octanol–water partition coefficient (Wildman–Crippen LogP) is 2.54. The Bertz CT molecular complexity index is 469. The van der Waals surface area contributed by atoms with Crippen molar-refractivity contribution in [1.82, 2.24) is 9.88 Å². The lowest BCUT2D eigenvalue weighted by atomic mass is 10.0. The Balaban J connectivity index is 2.00. The van der Waals surface area contributed by atoms with Crippen molar-refractivity contribution in [3.05, 3.63) is 27.4 Å². The summed E-state index contributed by atoms with van der Waals surface area (Å²) in [6.07, 6.45) is 3.58. The summed E-state index contributed by atoms with van der Waals surface area (Å²) in [6, 6.07) is 3.10. The SMILES string of the molecule is CN1CCCCC1CNc1cc([N+](=O)[O-])cc(Cl)n1. The minimum Gasteiger partial charge on any atom is -0.368 e. The van der Waals surface area contributed by atoms with Crippen LogP contribution in [0.2, 0.25) is 5.15 Å². The smallest absolute Gasteiger partial charge is 0.276 e. The lowest BCUT2D eigenvalue weighted by Gasteiger charge is -2.32. The summed E-state index contributed by atoms with van der Waals surface area (Å²) in [4.78, 5) is 16.6. The molecule has 2 heterocycles. The number of anilines is 1. The molecule has 6 nitrogen and oxygen atoms in total. The summed E-state index contributed by atoms with van der Waals surface area (Å²) < 4.78 is 0. The third-order valence-electron chi connectivity index (χ3n) is 3.43. The van der Waals surface area contributed by atoms with E-state index in [1.54, 1.807) is 0 Å². The van der Waals surface area contributed by atoms with E-state index in [9.17, 15) is 10.1 Å². The maximum Gasteiger partial charge on any atom is 0.276 e. The number of pyridine rings is 1. The van der Waals surface area contributed by atoms with Gasteiger partial charge in [0.1, 0.15) is 11.0 Å². The van der Waals surface area contributed by atoms with E-state index in [-0.39, 0.29) is 10.8 Å². The van der Waals surface area contributed by atoms with Gasteiger partial charge in [0.05, 0.1) is 17.1 Å². The standard InChI is InChI=1S/C12H17ClN4O2/c1-16-5-3-2-4-9(16)8-14-12-7-10(17(18)19)6-11(13)15-12/h6-7,9H,2-5,8H2,1H3,(H,14,15). The molecular formula is C12H17ClN4O2. The molecule has 1 atom stereocenters. The topological polar surface area (TPSA) is 71.3 Å². The molecule has 0 spiro atoms. The van der Waals surface area contributed by atoms with Gasteiger partial charge in [0.2, 0.25) is 0 Å². The molecule has 104 valence electrons. The number of aromatic nitrogens is 1. The van der Waals surface area contributed by atoms with Crippen LogP contribution in [0.3, 0.4) is 0 Å². The monoisotopic (exact) mass is 284 g/mol. The lowest BCUT2D eigenvalue weighted by Crippen LogP contribution is -2.40. The van der Waals surface area contributed by atoms with E-state index in [0.29, 0.717) is 11.9 Å². The van der Waals surface area contributed by atoms with Crippen LogP contribution in [-0.4, -0.2) is 41.0 Å². The number of likely N-dealkylation sites (tertiary alicyclic amines) is 1. The summed E-state index contributed by atoms with van der Waals surface area (Å²) in [5, 5.41) is 14.0. The highest BCUT2D eigenvalue weighted by Gasteiger charge is 2.19. The Labute approximate surface area is 116 Å². The molecular weight excluding hydrogens is 268 g/mol. The molecule has 0 saturated carbocycles. The minimum absolute atomic E-state index is 0.0421. The Kier molecular flexibility index (Phi) is 4.55. The average molecular weight is 285 g/mol. The van der Waals surface area contributed by atoms with Gasteiger partial charge in [-0.3, -0.25) is 10.1 Å². The van der Waals surface area contributed by atoms with E-state index in [0.717, 1.165) is 19.5 Å². The maximum absolute atomic E-state index is 10.7. The third kappa shape index (κ3) is 3.78. The highest BCUT2D eigenvalue weighted by molar-refractivity contribution is 6.29. The number of rotatable bonds is 4. The van der Waals surface area contributed by atoms with E-state index in [4.69, 9.17) is 11.6 Å². The van der Waals surface area contributed by atoms with E-state index in [2.05, 4.69) is 22.2 Å². The number of piperidine rings is 1. The summed E-state index contributed by atoms with van der Waals surface area (Å²) in [5.41, 5.74) is -0.0421. The second kappa shape index (κ2) is 6.16. The molecule has 1 fully saturated rings. The van der Waals surface area contributed by atoms with Crippen LogP contribution < -0.4 is 5.32 Å². The highest BCUT2D eigenvalue weighted by Crippen LogP contribution is 2.21. The number of halogens is 1. The van der Waals surface area contributed by atoms with Crippen molar-refractivity contribution in [2.75, 3.05) is 25.5 Å².